The lowest BCUT2D eigenvalue weighted by atomic mass is 10.0. The summed E-state index contributed by atoms with van der Waals surface area (Å²) in [5, 5.41) is 2.81. The van der Waals surface area contributed by atoms with Gasteiger partial charge >= 0.3 is 0 Å². The number of anilines is 2. The van der Waals surface area contributed by atoms with Crippen LogP contribution in [0.4, 0.5) is 11.4 Å². The summed E-state index contributed by atoms with van der Waals surface area (Å²) >= 11 is 0. The molecule has 0 aliphatic carbocycles. The Morgan fingerprint density at radius 3 is 1.89 bits per heavy atom. The number of hydrogen-bond donors (Lipinski definition) is 2. The number of rotatable bonds is 6. The van der Waals surface area contributed by atoms with E-state index >= 15 is 0 Å². The third-order valence-electron chi connectivity index (χ3n) is 4.58. The fraction of sp³-hybridized carbons (Fsp3) is 0.381. The van der Waals surface area contributed by atoms with Gasteiger partial charge in [0, 0.05) is 17.8 Å². The molecule has 0 saturated carbocycles. The van der Waals surface area contributed by atoms with Crippen molar-refractivity contribution < 1.29 is 13.2 Å². The zero-order chi connectivity index (χ0) is 20.4. The molecule has 0 saturated heterocycles. The van der Waals surface area contributed by atoms with Crippen molar-refractivity contribution in [1.29, 1.82) is 0 Å². The van der Waals surface area contributed by atoms with Gasteiger partial charge in [0.25, 0.3) is 10.0 Å². The summed E-state index contributed by atoms with van der Waals surface area (Å²) in [5.41, 5.74) is 4.49. The lowest BCUT2D eigenvalue weighted by molar-refractivity contribution is -0.116. The Morgan fingerprint density at radius 2 is 1.41 bits per heavy atom. The van der Waals surface area contributed by atoms with E-state index in [1.54, 1.807) is 24.3 Å². The highest BCUT2D eigenvalue weighted by Crippen LogP contribution is 2.28. The first-order chi connectivity index (χ1) is 12.5. The highest BCUT2D eigenvalue weighted by Gasteiger charge is 2.22. The molecule has 1 amide bonds. The van der Waals surface area contributed by atoms with Crippen LogP contribution in [-0.4, -0.2) is 14.3 Å². The van der Waals surface area contributed by atoms with Crippen molar-refractivity contribution in [3.8, 4) is 0 Å². The van der Waals surface area contributed by atoms with Gasteiger partial charge in [-0.1, -0.05) is 19.9 Å². The Bertz CT molecular complexity index is 920. The average Bonchev–Trinajstić information content (AvgIpc) is 2.54. The van der Waals surface area contributed by atoms with E-state index in [-0.39, 0.29) is 11.8 Å². The Morgan fingerprint density at radius 1 is 0.926 bits per heavy atom. The smallest absolute Gasteiger partial charge is 0.262 e. The van der Waals surface area contributed by atoms with Crippen LogP contribution in [0.5, 0.6) is 0 Å². The van der Waals surface area contributed by atoms with Crippen LogP contribution < -0.4 is 10.0 Å². The van der Waals surface area contributed by atoms with Gasteiger partial charge in [-0.05, 0) is 80.1 Å². The number of nitrogens with one attached hydrogen (secondary N) is 2. The first-order valence-corrected chi connectivity index (χ1v) is 10.5. The van der Waals surface area contributed by atoms with Crippen molar-refractivity contribution in [1.82, 2.24) is 0 Å². The molecule has 0 fully saturated rings. The van der Waals surface area contributed by atoms with Gasteiger partial charge in [-0.15, -0.1) is 0 Å². The minimum absolute atomic E-state index is 0.0557. The van der Waals surface area contributed by atoms with Gasteiger partial charge in [-0.2, -0.15) is 0 Å². The van der Waals surface area contributed by atoms with Crippen molar-refractivity contribution in [3.63, 3.8) is 0 Å². The minimum atomic E-state index is -3.71. The summed E-state index contributed by atoms with van der Waals surface area (Å²) in [4.78, 5) is 12.2. The van der Waals surface area contributed by atoms with Crippen LogP contribution in [0.3, 0.4) is 0 Å². The number of benzene rings is 2. The van der Waals surface area contributed by atoms with E-state index < -0.39 is 10.0 Å². The Labute approximate surface area is 162 Å². The molecule has 0 spiro atoms. The maximum Gasteiger partial charge on any atom is 0.262 e. The van der Waals surface area contributed by atoms with E-state index in [9.17, 15) is 13.2 Å². The number of hydrogen-bond acceptors (Lipinski definition) is 3. The molecule has 0 bridgehead atoms. The van der Waals surface area contributed by atoms with Crippen molar-refractivity contribution in [2.45, 2.75) is 52.9 Å². The Kier molecular flexibility index (Phi) is 6.31. The van der Waals surface area contributed by atoms with Crippen molar-refractivity contribution in [2.24, 2.45) is 5.92 Å². The number of aryl methyl sites for hydroxylation is 2. The number of amides is 1. The van der Waals surface area contributed by atoms with Gasteiger partial charge in [0.2, 0.25) is 5.91 Å². The maximum atomic E-state index is 13.0. The molecule has 0 aliphatic heterocycles. The van der Waals surface area contributed by atoms with Crippen LogP contribution in [0.2, 0.25) is 0 Å². The predicted octanol–water partition coefficient (Wildman–Crippen LogP) is 4.71. The van der Waals surface area contributed by atoms with Gasteiger partial charge < -0.3 is 5.32 Å². The Hall–Kier alpha value is -2.34. The highest BCUT2D eigenvalue weighted by molar-refractivity contribution is 7.92. The van der Waals surface area contributed by atoms with Gasteiger partial charge in [-0.3, -0.25) is 9.52 Å². The summed E-state index contributed by atoms with van der Waals surface area (Å²) in [6.07, 6.45) is 0.444. The number of sulfonamides is 1. The standard InChI is InChI=1S/C21H28N2O3S/c1-13(2)11-20(24)22-18-7-9-19(10-8-18)23-27(25,26)21-16(5)14(3)12-15(4)17(21)6/h7-10,12-13,23H,11H2,1-6H3,(H,22,24). The van der Waals surface area contributed by atoms with E-state index in [2.05, 4.69) is 10.0 Å². The predicted molar refractivity (Wildman–Crippen MR) is 111 cm³/mol. The van der Waals surface area contributed by atoms with E-state index in [4.69, 9.17) is 0 Å². The van der Waals surface area contributed by atoms with E-state index in [1.165, 1.54) is 0 Å². The molecule has 0 aliphatic rings. The zero-order valence-corrected chi connectivity index (χ0v) is 17.6. The molecule has 0 atom stereocenters. The monoisotopic (exact) mass is 388 g/mol. The maximum absolute atomic E-state index is 13.0. The summed E-state index contributed by atoms with van der Waals surface area (Å²) in [5.74, 6) is 0.222. The fourth-order valence-corrected chi connectivity index (χ4v) is 4.67. The number of carbonyl (C=O) groups is 1. The van der Waals surface area contributed by atoms with Crippen LogP contribution in [0.1, 0.15) is 42.5 Å². The third-order valence-corrected chi connectivity index (χ3v) is 6.23. The molecule has 2 aromatic carbocycles. The van der Waals surface area contributed by atoms with Crippen LogP contribution in [0, 0.1) is 33.6 Å². The van der Waals surface area contributed by atoms with Gasteiger partial charge in [0.1, 0.15) is 0 Å². The van der Waals surface area contributed by atoms with E-state index in [1.807, 2.05) is 47.6 Å². The van der Waals surface area contributed by atoms with Gasteiger partial charge in [0.15, 0.2) is 0 Å². The molecule has 0 aromatic heterocycles. The topological polar surface area (TPSA) is 75.3 Å². The molecule has 2 N–H and O–H groups in total. The molecular weight excluding hydrogens is 360 g/mol. The number of carbonyl (C=O) groups excluding carboxylic acids is 1. The van der Waals surface area contributed by atoms with Crippen molar-refractivity contribution in [3.05, 3.63) is 52.6 Å². The van der Waals surface area contributed by atoms with E-state index in [0.29, 0.717) is 22.7 Å². The fourth-order valence-electron chi connectivity index (χ4n) is 2.99. The van der Waals surface area contributed by atoms with Crippen LogP contribution in [0.15, 0.2) is 35.2 Å². The lowest BCUT2D eigenvalue weighted by Gasteiger charge is -2.17. The normalized spacial score (nSPS) is 11.5. The Balaban J connectivity index is 2.23. The molecule has 27 heavy (non-hydrogen) atoms. The lowest BCUT2D eigenvalue weighted by Crippen LogP contribution is -2.17. The van der Waals surface area contributed by atoms with Gasteiger partial charge in [-0.25, -0.2) is 8.42 Å². The van der Waals surface area contributed by atoms with Crippen LogP contribution >= 0.6 is 0 Å². The molecular formula is C21H28N2O3S. The van der Waals surface area contributed by atoms with Gasteiger partial charge in [0.05, 0.1) is 4.90 Å². The highest BCUT2D eigenvalue weighted by atomic mass is 32.2. The second kappa shape index (κ2) is 8.13. The molecule has 0 radical (unpaired) electrons. The molecule has 0 heterocycles. The summed E-state index contributed by atoms with van der Waals surface area (Å²) in [6.45, 7) is 11.4. The summed E-state index contributed by atoms with van der Waals surface area (Å²) < 4.78 is 28.5. The second-order valence-electron chi connectivity index (χ2n) is 7.42. The summed E-state index contributed by atoms with van der Waals surface area (Å²) in [6, 6.07) is 8.68. The molecule has 2 rings (SSSR count). The largest absolute Gasteiger partial charge is 0.326 e. The first kappa shape index (κ1) is 21.0. The quantitative estimate of drug-likeness (QED) is 0.753. The second-order valence-corrected chi connectivity index (χ2v) is 9.04. The zero-order valence-electron chi connectivity index (χ0n) is 16.8. The van der Waals surface area contributed by atoms with Crippen molar-refractivity contribution in [2.75, 3.05) is 10.0 Å². The van der Waals surface area contributed by atoms with Crippen LogP contribution in [-0.2, 0) is 14.8 Å². The van der Waals surface area contributed by atoms with Crippen molar-refractivity contribution >= 4 is 27.3 Å². The van der Waals surface area contributed by atoms with Crippen LogP contribution in [0.25, 0.3) is 0 Å². The molecule has 5 nitrogen and oxygen atoms in total. The van der Waals surface area contributed by atoms with E-state index in [0.717, 1.165) is 22.3 Å². The first-order valence-electron chi connectivity index (χ1n) is 9.01. The minimum Gasteiger partial charge on any atom is -0.326 e. The molecule has 0 unspecified atom stereocenters. The SMILES string of the molecule is Cc1cc(C)c(C)c(S(=O)(=O)Nc2ccc(NC(=O)CC(C)C)cc2)c1C. The molecule has 146 valence electrons. The molecule has 2 aromatic rings. The average molecular weight is 389 g/mol. The summed E-state index contributed by atoms with van der Waals surface area (Å²) in [7, 11) is -3.71. The third kappa shape index (κ3) is 5.10. The molecule has 6 heteroatoms.